The Bertz CT molecular complexity index is 765. The van der Waals surface area contributed by atoms with Crippen LogP contribution in [0.15, 0.2) is 24.4 Å². The van der Waals surface area contributed by atoms with Crippen molar-refractivity contribution in [1.29, 1.82) is 0 Å². The molecule has 3 rings (SSSR count). The van der Waals surface area contributed by atoms with Crippen molar-refractivity contribution in [2.45, 2.75) is 13.0 Å². The number of hydrogen-bond donors (Lipinski definition) is 2. The van der Waals surface area contributed by atoms with Crippen LogP contribution >= 0.6 is 11.3 Å². The molecular formula is C17H21N5O3S. The Labute approximate surface area is 155 Å². The molecule has 0 atom stereocenters. The van der Waals surface area contributed by atoms with Crippen LogP contribution in [-0.4, -0.2) is 60.0 Å². The Morgan fingerprint density at radius 2 is 2.27 bits per heavy atom. The summed E-state index contributed by atoms with van der Waals surface area (Å²) in [4.78, 5) is 35.8. The third kappa shape index (κ3) is 4.84. The number of aromatic nitrogens is 2. The van der Waals surface area contributed by atoms with Gasteiger partial charge in [0.2, 0.25) is 5.91 Å². The molecule has 0 bridgehead atoms. The number of hydrogen-bond acceptors (Lipinski definition) is 7. The maximum Gasteiger partial charge on any atom is 0.276 e. The average Bonchev–Trinajstić information content (AvgIpc) is 3.04. The summed E-state index contributed by atoms with van der Waals surface area (Å²) in [5.41, 5.74) is 1.34. The second-order valence-electron chi connectivity index (χ2n) is 5.86. The minimum atomic E-state index is -0.272. The second kappa shape index (κ2) is 8.84. The van der Waals surface area contributed by atoms with E-state index in [1.165, 1.54) is 11.3 Å². The number of ether oxygens (including phenoxy) is 1. The number of nitrogens with zero attached hydrogens (tertiary/aromatic N) is 3. The van der Waals surface area contributed by atoms with Crippen molar-refractivity contribution in [3.05, 3.63) is 40.7 Å². The lowest BCUT2D eigenvalue weighted by molar-refractivity contribution is -0.122. The summed E-state index contributed by atoms with van der Waals surface area (Å²) < 4.78 is 4.92. The van der Waals surface area contributed by atoms with E-state index in [2.05, 4.69) is 25.5 Å². The molecule has 2 amide bonds. The quantitative estimate of drug-likeness (QED) is 0.699. The van der Waals surface area contributed by atoms with Crippen molar-refractivity contribution < 1.29 is 14.3 Å². The van der Waals surface area contributed by atoms with Crippen LogP contribution in [0.1, 0.15) is 21.1 Å². The predicted octanol–water partition coefficient (Wildman–Crippen LogP) is 0.911. The van der Waals surface area contributed by atoms with E-state index in [9.17, 15) is 9.59 Å². The molecule has 0 fully saturated rings. The summed E-state index contributed by atoms with van der Waals surface area (Å²) in [5, 5.41) is 6.19. The smallest absolute Gasteiger partial charge is 0.276 e. The van der Waals surface area contributed by atoms with Crippen LogP contribution in [0.2, 0.25) is 0 Å². The average molecular weight is 375 g/mol. The van der Waals surface area contributed by atoms with Gasteiger partial charge in [-0.05, 0) is 12.1 Å². The molecular weight excluding hydrogens is 354 g/mol. The summed E-state index contributed by atoms with van der Waals surface area (Å²) in [6.45, 7) is 2.78. The first-order valence-electron chi connectivity index (χ1n) is 8.34. The Morgan fingerprint density at radius 1 is 1.38 bits per heavy atom. The van der Waals surface area contributed by atoms with Crippen molar-refractivity contribution in [2.75, 3.05) is 38.7 Å². The van der Waals surface area contributed by atoms with E-state index in [0.717, 1.165) is 23.5 Å². The highest BCUT2D eigenvalue weighted by molar-refractivity contribution is 7.15. The third-order valence-corrected chi connectivity index (χ3v) is 4.92. The normalized spacial score (nSPS) is 13.9. The van der Waals surface area contributed by atoms with Crippen molar-refractivity contribution in [3.63, 3.8) is 0 Å². The topological polar surface area (TPSA) is 96.5 Å². The first-order valence-corrected chi connectivity index (χ1v) is 9.16. The van der Waals surface area contributed by atoms with Gasteiger partial charge in [0.1, 0.15) is 5.69 Å². The summed E-state index contributed by atoms with van der Waals surface area (Å²) >= 11 is 1.45. The molecule has 0 aliphatic carbocycles. The molecule has 8 nitrogen and oxygen atoms in total. The van der Waals surface area contributed by atoms with Gasteiger partial charge < -0.3 is 10.1 Å². The van der Waals surface area contributed by atoms with Crippen LogP contribution in [0.5, 0.6) is 0 Å². The first-order chi connectivity index (χ1) is 12.7. The minimum absolute atomic E-state index is 0.0151. The molecule has 3 heterocycles. The molecule has 2 N–H and O–H groups in total. The van der Waals surface area contributed by atoms with Crippen LogP contribution < -0.4 is 10.6 Å². The van der Waals surface area contributed by atoms with Gasteiger partial charge in [-0.1, -0.05) is 6.07 Å². The molecule has 26 heavy (non-hydrogen) atoms. The number of anilines is 1. The van der Waals surface area contributed by atoms with Crippen molar-refractivity contribution in [2.24, 2.45) is 0 Å². The fourth-order valence-corrected chi connectivity index (χ4v) is 3.69. The van der Waals surface area contributed by atoms with Gasteiger partial charge in [-0.15, -0.1) is 11.3 Å². The number of nitrogens with one attached hydrogen (secondary N) is 2. The number of thiazole rings is 1. The van der Waals surface area contributed by atoms with E-state index in [0.29, 0.717) is 37.1 Å². The molecule has 0 spiro atoms. The van der Waals surface area contributed by atoms with E-state index < -0.39 is 0 Å². The number of carbonyl (C=O) groups is 2. The monoisotopic (exact) mass is 375 g/mol. The molecule has 9 heteroatoms. The van der Waals surface area contributed by atoms with Gasteiger partial charge >= 0.3 is 0 Å². The highest BCUT2D eigenvalue weighted by Gasteiger charge is 2.23. The number of rotatable bonds is 7. The fraction of sp³-hybridized carbons (Fsp3) is 0.412. The number of methoxy groups -OCH3 is 1. The van der Waals surface area contributed by atoms with Crippen LogP contribution in [-0.2, 0) is 22.5 Å². The van der Waals surface area contributed by atoms with E-state index in [-0.39, 0.29) is 11.8 Å². The summed E-state index contributed by atoms with van der Waals surface area (Å²) in [7, 11) is 1.60. The molecule has 1 aliphatic rings. The molecule has 2 aromatic heterocycles. The standard InChI is InChI=1S/C17H21N5O3S/c1-25-9-7-19-15(23)11-22-8-5-12-14(10-22)26-17(20-12)21-16(24)13-4-2-3-6-18-13/h2-4,6H,5,7-11H2,1H3,(H,19,23)(H,20,21,24). The molecule has 0 saturated carbocycles. The van der Waals surface area contributed by atoms with Gasteiger partial charge in [-0.25, -0.2) is 4.98 Å². The van der Waals surface area contributed by atoms with Crippen LogP contribution in [0.25, 0.3) is 0 Å². The van der Waals surface area contributed by atoms with E-state index >= 15 is 0 Å². The summed E-state index contributed by atoms with van der Waals surface area (Å²) in [6.07, 6.45) is 2.34. The third-order valence-electron chi connectivity index (χ3n) is 3.92. The number of pyridine rings is 1. The van der Waals surface area contributed by atoms with Gasteiger partial charge in [0.25, 0.3) is 5.91 Å². The molecule has 138 valence electrons. The lowest BCUT2D eigenvalue weighted by Crippen LogP contribution is -2.40. The van der Waals surface area contributed by atoms with Crippen LogP contribution in [0.3, 0.4) is 0 Å². The summed E-state index contributed by atoms with van der Waals surface area (Å²) in [5.74, 6) is -0.287. The number of amides is 2. The van der Waals surface area contributed by atoms with Crippen molar-refractivity contribution in [1.82, 2.24) is 20.2 Å². The lowest BCUT2D eigenvalue weighted by Gasteiger charge is -2.25. The number of carbonyl (C=O) groups excluding carboxylic acids is 2. The zero-order valence-corrected chi connectivity index (χ0v) is 15.3. The van der Waals surface area contributed by atoms with Crippen molar-refractivity contribution >= 4 is 28.3 Å². The van der Waals surface area contributed by atoms with Crippen LogP contribution in [0.4, 0.5) is 5.13 Å². The van der Waals surface area contributed by atoms with Gasteiger partial charge in [0.15, 0.2) is 5.13 Å². The van der Waals surface area contributed by atoms with E-state index in [4.69, 9.17) is 4.74 Å². The van der Waals surface area contributed by atoms with Crippen LogP contribution in [0, 0.1) is 0 Å². The maximum atomic E-state index is 12.2. The summed E-state index contributed by atoms with van der Waals surface area (Å²) in [6, 6.07) is 5.19. The molecule has 0 radical (unpaired) electrons. The Hall–Kier alpha value is -2.36. The lowest BCUT2D eigenvalue weighted by atomic mass is 10.2. The SMILES string of the molecule is COCCNC(=O)CN1CCc2nc(NC(=O)c3ccccn3)sc2C1. The molecule has 0 aromatic carbocycles. The Kier molecular flexibility index (Phi) is 6.26. The maximum absolute atomic E-state index is 12.2. The Morgan fingerprint density at radius 3 is 3.04 bits per heavy atom. The van der Waals surface area contributed by atoms with E-state index in [1.54, 1.807) is 31.5 Å². The van der Waals surface area contributed by atoms with Gasteiger partial charge in [-0.3, -0.25) is 24.8 Å². The molecule has 1 aliphatic heterocycles. The zero-order chi connectivity index (χ0) is 18.4. The van der Waals surface area contributed by atoms with Gasteiger partial charge in [-0.2, -0.15) is 0 Å². The van der Waals surface area contributed by atoms with Gasteiger partial charge in [0, 0.05) is 44.2 Å². The minimum Gasteiger partial charge on any atom is -0.383 e. The molecule has 0 unspecified atom stereocenters. The Balaban J connectivity index is 1.55. The number of fused-ring (bicyclic) bond motifs is 1. The highest BCUT2D eigenvalue weighted by atomic mass is 32.1. The first kappa shape index (κ1) is 18.4. The highest BCUT2D eigenvalue weighted by Crippen LogP contribution is 2.28. The molecule has 2 aromatic rings. The largest absolute Gasteiger partial charge is 0.383 e. The van der Waals surface area contributed by atoms with E-state index in [1.807, 2.05) is 0 Å². The predicted molar refractivity (Wildman–Crippen MR) is 98.2 cm³/mol. The van der Waals surface area contributed by atoms with Gasteiger partial charge in [0.05, 0.1) is 18.8 Å². The molecule has 0 saturated heterocycles. The second-order valence-corrected chi connectivity index (χ2v) is 6.95. The fourth-order valence-electron chi connectivity index (χ4n) is 2.65. The van der Waals surface area contributed by atoms with Crippen molar-refractivity contribution in [3.8, 4) is 0 Å². The zero-order valence-electron chi connectivity index (χ0n) is 14.5.